The maximum absolute atomic E-state index is 10.1. The summed E-state index contributed by atoms with van der Waals surface area (Å²) in [5.74, 6) is 1.28. The number of benzene rings is 1. The highest BCUT2D eigenvalue weighted by Gasteiger charge is 2.53. The van der Waals surface area contributed by atoms with Crippen LogP contribution in [0, 0.1) is 5.92 Å². The fourth-order valence-electron chi connectivity index (χ4n) is 5.92. The van der Waals surface area contributed by atoms with E-state index >= 15 is 0 Å². The SMILES string of the molecule is CCCCCN1CC[C@]23CCCC[C@H]2[C@@H]1Cc1ccc(O)cc13. The molecule has 0 aromatic heterocycles. The monoisotopic (exact) mass is 313 g/mol. The van der Waals surface area contributed by atoms with Crippen molar-refractivity contribution >= 4 is 0 Å². The Balaban J connectivity index is 1.68. The van der Waals surface area contributed by atoms with Crippen molar-refractivity contribution in [2.24, 2.45) is 5.92 Å². The highest BCUT2D eigenvalue weighted by molar-refractivity contribution is 5.45. The van der Waals surface area contributed by atoms with Gasteiger partial charge in [-0.05, 0) is 74.4 Å². The fraction of sp³-hybridized carbons (Fsp3) is 0.714. The van der Waals surface area contributed by atoms with Gasteiger partial charge < -0.3 is 5.11 Å². The average Bonchev–Trinajstić information content (AvgIpc) is 2.57. The first kappa shape index (κ1) is 15.5. The summed E-state index contributed by atoms with van der Waals surface area (Å²) in [6, 6.07) is 6.96. The first-order chi connectivity index (χ1) is 11.2. The third-order valence-corrected chi connectivity index (χ3v) is 6.98. The molecule has 1 saturated heterocycles. The standard InChI is InChI=1S/C21H31NO/c1-2-3-6-12-22-13-11-21-10-5-4-7-18(21)20(22)14-16-8-9-17(23)15-19(16)21/h8-9,15,18,20,23H,2-7,10-14H2,1H3/t18-,20-,21+/m0/s1. The number of likely N-dealkylation sites (tertiary alicyclic amines) is 1. The molecule has 2 fully saturated rings. The van der Waals surface area contributed by atoms with Crippen LogP contribution in [0.2, 0.25) is 0 Å². The number of hydrogen-bond donors (Lipinski definition) is 1. The van der Waals surface area contributed by atoms with Crippen LogP contribution in [0.4, 0.5) is 0 Å². The second kappa shape index (κ2) is 6.12. The van der Waals surface area contributed by atoms with Gasteiger partial charge >= 0.3 is 0 Å². The molecule has 0 spiro atoms. The molecule has 1 heterocycles. The second-order valence-corrected chi connectivity index (χ2v) is 8.11. The topological polar surface area (TPSA) is 23.5 Å². The van der Waals surface area contributed by atoms with Crippen molar-refractivity contribution in [3.8, 4) is 5.75 Å². The van der Waals surface area contributed by atoms with Gasteiger partial charge in [-0.1, -0.05) is 38.7 Å². The Morgan fingerprint density at radius 3 is 3.00 bits per heavy atom. The maximum Gasteiger partial charge on any atom is 0.115 e. The Morgan fingerprint density at radius 2 is 2.13 bits per heavy atom. The lowest BCUT2D eigenvalue weighted by Crippen LogP contribution is -2.60. The minimum atomic E-state index is 0.372. The molecule has 2 aliphatic carbocycles. The van der Waals surface area contributed by atoms with Crippen LogP contribution in [-0.2, 0) is 11.8 Å². The van der Waals surface area contributed by atoms with Crippen molar-refractivity contribution in [2.75, 3.05) is 13.1 Å². The summed E-state index contributed by atoms with van der Waals surface area (Å²) in [5.41, 5.74) is 3.40. The van der Waals surface area contributed by atoms with Crippen LogP contribution in [0.15, 0.2) is 18.2 Å². The van der Waals surface area contributed by atoms with Crippen molar-refractivity contribution in [1.82, 2.24) is 4.90 Å². The van der Waals surface area contributed by atoms with Crippen LogP contribution in [0.3, 0.4) is 0 Å². The molecule has 1 aromatic rings. The lowest BCUT2D eigenvalue weighted by atomic mass is 9.52. The summed E-state index contributed by atoms with van der Waals surface area (Å²) >= 11 is 0. The van der Waals surface area contributed by atoms with Crippen LogP contribution in [-0.4, -0.2) is 29.1 Å². The summed E-state index contributed by atoms with van der Waals surface area (Å²) in [7, 11) is 0. The summed E-state index contributed by atoms with van der Waals surface area (Å²) < 4.78 is 0. The minimum Gasteiger partial charge on any atom is -0.508 e. The van der Waals surface area contributed by atoms with Gasteiger partial charge in [-0.15, -0.1) is 0 Å². The number of piperidine rings is 1. The Kier molecular flexibility index (Phi) is 4.13. The van der Waals surface area contributed by atoms with Gasteiger partial charge in [-0.2, -0.15) is 0 Å². The van der Waals surface area contributed by atoms with Crippen LogP contribution < -0.4 is 0 Å². The van der Waals surface area contributed by atoms with Gasteiger partial charge in [-0.3, -0.25) is 4.90 Å². The number of phenols is 1. The average molecular weight is 313 g/mol. The minimum absolute atomic E-state index is 0.372. The van der Waals surface area contributed by atoms with Crippen molar-refractivity contribution in [1.29, 1.82) is 0 Å². The van der Waals surface area contributed by atoms with Crippen molar-refractivity contribution in [2.45, 2.75) is 76.2 Å². The predicted octanol–water partition coefficient (Wildman–Crippen LogP) is 4.64. The Hall–Kier alpha value is -1.02. The quantitative estimate of drug-likeness (QED) is 0.819. The number of aromatic hydroxyl groups is 1. The highest BCUT2D eigenvalue weighted by Crippen LogP contribution is 2.56. The molecular formula is C21H31NO. The van der Waals surface area contributed by atoms with Crippen LogP contribution in [0.1, 0.15) is 69.4 Å². The molecule has 2 heteroatoms. The molecule has 23 heavy (non-hydrogen) atoms. The number of hydrogen-bond acceptors (Lipinski definition) is 2. The van der Waals surface area contributed by atoms with E-state index in [1.807, 2.05) is 6.07 Å². The summed E-state index contributed by atoms with van der Waals surface area (Å²) in [6.45, 7) is 4.85. The van der Waals surface area contributed by atoms with Gasteiger partial charge in [0, 0.05) is 11.5 Å². The molecule has 2 nitrogen and oxygen atoms in total. The lowest BCUT2D eigenvalue weighted by Gasteiger charge is -2.59. The molecule has 4 rings (SSSR count). The zero-order valence-corrected chi connectivity index (χ0v) is 14.6. The lowest BCUT2D eigenvalue weighted by molar-refractivity contribution is -0.0119. The highest BCUT2D eigenvalue weighted by atomic mass is 16.3. The van der Waals surface area contributed by atoms with E-state index in [1.165, 1.54) is 82.0 Å². The van der Waals surface area contributed by atoms with Crippen LogP contribution in [0.25, 0.3) is 0 Å². The fourth-order valence-corrected chi connectivity index (χ4v) is 5.92. The molecule has 0 radical (unpaired) electrons. The number of nitrogens with zero attached hydrogens (tertiary/aromatic N) is 1. The summed E-state index contributed by atoms with van der Waals surface area (Å²) in [6.07, 6.45) is 12.0. The Bertz CT molecular complexity index is 569. The molecular weight excluding hydrogens is 282 g/mol. The van der Waals surface area contributed by atoms with E-state index in [9.17, 15) is 5.11 Å². The molecule has 1 N–H and O–H groups in total. The van der Waals surface area contributed by atoms with E-state index in [1.54, 1.807) is 0 Å². The van der Waals surface area contributed by atoms with Crippen LogP contribution in [0.5, 0.6) is 5.75 Å². The van der Waals surface area contributed by atoms with E-state index in [0.717, 1.165) is 12.0 Å². The van der Waals surface area contributed by atoms with E-state index in [0.29, 0.717) is 11.2 Å². The van der Waals surface area contributed by atoms with Crippen molar-refractivity contribution in [3.05, 3.63) is 29.3 Å². The van der Waals surface area contributed by atoms with E-state index in [4.69, 9.17) is 0 Å². The van der Waals surface area contributed by atoms with Gasteiger partial charge in [0.2, 0.25) is 0 Å². The van der Waals surface area contributed by atoms with Gasteiger partial charge in [0.25, 0.3) is 0 Å². The van der Waals surface area contributed by atoms with Crippen molar-refractivity contribution in [3.63, 3.8) is 0 Å². The second-order valence-electron chi connectivity index (χ2n) is 8.11. The van der Waals surface area contributed by atoms with E-state index in [2.05, 4.69) is 24.0 Å². The number of unbranched alkanes of at least 4 members (excludes halogenated alkanes) is 2. The zero-order chi connectivity index (χ0) is 15.9. The molecule has 2 bridgehead atoms. The Labute approximate surface area is 140 Å². The molecule has 3 atom stereocenters. The normalized spacial score (nSPS) is 33.1. The number of rotatable bonds is 4. The zero-order valence-electron chi connectivity index (χ0n) is 14.6. The molecule has 3 aliphatic rings. The first-order valence-electron chi connectivity index (χ1n) is 9.81. The third-order valence-electron chi connectivity index (χ3n) is 6.98. The Morgan fingerprint density at radius 1 is 1.22 bits per heavy atom. The van der Waals surface area contributed by atoms with Gasteiger partial charge in [0.1, 0.15) is 5.75 Å². The molecule has 1 aromatic carbocycles. The van der Waals surface area contributed by atoms with Gasteiger partial charge in [-0.25, -0.2) is 0 Å². The van der Waals surface area contributed by atoms with Gasteiger partial charge in [0.15, 0.2) is 0 Å². The van der Waals surface area contributed by atoms with Crippen LogP contribution >= 0.6 is 0 Å². The number of fused-ring (bicyclic) bond motifs is 1. The largest absolute Gasteiger partial charge is 0.508 e. The molecule has 126 valence electrons. The maximum atomic E-state index is 10.1. The van der Waals surface area contributed by atoms with Gasteiger partial charge in [0.05, 0.1) is 0 Å². The molecule has 1 saturated carbocycles. The molecule has 0 unspecified atom stereocenters. The predicted molar refractivity (Wildman–Crippen MR) is 94.9 cm³/mol. The number of phenolic OH excluding ortho intramolecular Hbond substituents is 1. The molecule has 0 amide bonds. The van der Waals surface area contributed by atoms with E-state index < -0.39 is 0 Å². The smallest absolute Gasteiger partial charge is 0.115 e. The van der Waals surface area contributed by atoms with E-state index in [-0.39, 0.29) is 0 Å². The third kappa shape index (κ3) is 2.50. The van der Waals surface area contributed by atoms with Crippen molar-refractivity contribution < 1.29 is 5.11 Å². The molecule has 1 aliphatic heterocycles. The first-order valence-corrected chi connectivity index (χ1v) is 9.81. The summed E-state index contributed by atoms with van der Waals surface area (Å²) in [5, 5.41) is 10.1. The summed E-state index contributed by atoms with van der Waals surface area (Å²) in [4.78, 5) is 2.82.